The molecule has 4 amide bonds. The Labute approximate surface area is 222 Å². The minimum absolute atomic E-state index is 0.0258. The molecule has 0 radical (unpaired) electrons. The van der Waals surface area contributed by atoms with E-state index in [-0.39, 0.29) is 37.6 Å². The minimum atomic E-state index is -1.12. The topological polar surface area (TPSA) is 108 Å². The molecule has 4 rings (SSSR count). The van der Waals surface area contributed by atoms with Crippen molar-refractivity contribution in [2.75, 3.05) is 40.3 Å². The third-order valence-electron chi connectivity index (χ3n) is 6.82. The second kappa shape index (κ2) is 12.0. The predicted molar refractivity (Wildman–Crippen MR) is 139 cm³/mol. The molecule has 2 aliphatic heterocycles. The van der Waals surface area contributed by atoms with Crippen molar-refractivity contribution in [1.82, 2.24) is 20.0 Å². The smallest absolute Gasteiger partial charge is 0.408 e. The molecule has 1 saturated heterocycles. The molecule has 0 saturated carbocycles. The van der Waals surface area contributed by atoms with Gasteiger partial charge in [-0.25, -0.2) is 4.79 Å². The van der Waals surface area contributed by atoms with Crippen LogP contribution in [-0.4, -0.2) is 90.9 Å². The summed E-state index contributed by atoms with van der Waals surface area (Å²) in [5.41, 5.74) is 1.18. The fourth-order valence-corrected chi connectivity index (χ4v) is 4.83. The zero-order chi connectivity index (χ0) is 27.2. The summed E-state index contributed by atoms with van der Waals surface area (Å²) < 4.78 is 11.3. The van der Waals surface area contributed by atoms with Crippen molar-refractivity contribution >= 4 is 23.8 Å². The average molecular weight is 523 g/mol. The van der Waals surface area contributed by atoms with Crippen molar-refractivity contribution in [1.29, 1.82) is 0 Å². The number of alkyl carbamates (subject to hydrolysis) is 1. The van der Waals surface area contributed by atoms with Gasteiger partial charge in [0.1, 0.15) is 25.0 Å². The zero-order valence-electron chi connectivity index (χ0n) is 22.0. The number of rotatable bonds is 3. The normalized spacial score (nSPS) is 22.8. The first kappa shape index (κ1) is 27.0. The first-order chi connectivity index (χ1) is 18.2. The third kappa shape index (κ3) is 6.62. The number of ether oxygens (including phenoxy) is 2. The van der Waals surface area contributed by atoms with Gasteiger partial charge in [0.2, 0.25) is 11.8 Å². The largest absolute Gasteiger partial charge is 0.491 e. The van der Waals surface area contributed by atoms with Crippen molar-refractivity contribution < 1.29 is 28.7 Å². The van der Waals surface area contributed by atoms with Crippen LogP contribution in [0.2, 0.25) is 0 Å². The van der Waals surface area contributed by atoms with Crippen molar-refractivity contribution in [3.8, 4) is 5.75 Å². The lowest BCUT2D eigenvalue weighted by Crippen LogP contribution is -2.55. The number of hydrogen-bond donors (Lipinski definition) is 1. The number of carbonyl (C=O) groups is 4. The van der Waals surface area contributed by atoms with E-state index in [0.717, 1.165) is 12.0 Å². The highest BCUT2D eigenvalue weighted by molar-refractivity contribution is 5.95. The number of likely N-dealkylation sites (N-methyl/N-ethyl adjacent to an activating group) is 2. The monoisotopic (exact) mass is 522 g/mol. The molecule has 2 aromatic rings. The van der Waals surface area contributed by atoms with Crippen LogP contribution in [0.3, 0.4) is 0 Å². The maximum Gasteiger partial charge on any atom is 0.408 e. The molecule has 0 aliphatic carbocycles. The molecule has 2 bridgehead atoms. The second-order valence-corrected chi connectivity index (χ2v) is 10.0. The number of nitrogens with zero attached hydrogens (tertiary/aromatic N) is 3. The van der Waals surface area contributed by atoms with E-state index in [0.29, 0.717) is 30.4 Å². The Hall–Kier alpha value is -4.08. The lowest BCUT2D eigenvalue weighted by molar-refractivity contribution is -0.141. The second-order valence-electron chi connectivity index (χ2n) is 10.0. The maximum atomic E-state index is 13.4. The highest BCUT2D eigenvalue weighted by Crippen LogP contribution is 2.25. The molecule has 0 unspecified atom stereocenters. The first-order valence-electron chi connectivity index (χ1n) is 12.7. The first-order valence-corrected chi connectivity index (χ1v) is 12.7. The number of nitrogens with one attached hydrogen (secondary N) is 1. The lowest BCUT2D eigenvalue weighted by atomic mass is 10.1. The number of amides is 4. The molecule has 10 heteroatoms. The molecule has 0 aromatic heterocycles. The van der Waals surface area contributed by atoms with Crippen LogP contribution in [0.25, 0.3) is 0 Å². The van der Waals surface area contributed by atoms with Gasteiger partial charge >= 0.3 is 6.09 Å². The fraction of sp³-hybridized carbons (Fsp3) is 0.429. The van der Waals surface area contributed by atoms with E-state index in [1.165, 1.54) is 16.8 Å². The average Bonchev–Trinajstić information content (AvgIpc) is 3.30. The summed E-state index contributed by atoms with van der Waals surface area (Å²) in [6, 6.07) is 14.7. The third-order valence-corrected chi connectivity index (χ3v) is 6.82. The lowest BCUT2D eigenvalue weighted by Gasteiger charge is -2.30. The number of fused-ring (bicyclic) bond motifs is 3. The number of carbonyl (C=O) groups excluding carboxylic acids is 4. The van der Waals surface area contributed by atoms with Gasteiger partial charge in [0.15, 0.2) is 0 Å². The molecule has 10 nitrogen and oxygen atoms in total. The van der Waals surface area contributed by atoms with Crippen LogP contribution in [-0.2, 0) is 20.9 Å². The van der Waals surface area contributed by atoms with Crippen molar-refractivity contribution in [3.63, 3.8) is 0 Å². The predicted octanol–water partition coefficient (Wildman–Crippen LogP) is 2.14. The van der Waals surface area contributed by atoms with E-state index < -0.39 is 18.0 Å². The molecular formula is C28H34N4O6. The van der Waals surface area contributed by atoms with Gasteiger partial charge in [0.05, 0.1) is 19.1 Å². The van der Waals surface area contributed by atoms with Crippen LogP contribution in [0.5, 0.6) is 5.75 Å². The highest BCUT2D eigenvalue weighted by Gasteiger charge is 2.36. The molecule has 0 spiro atoms. The van der Waals surface area contributed by atoms with E-state index in [2.05, 4.69) is 12.2 Å². The van der Waals surface area contributed by atoms with Gasteiger partial charge in [0, 0.05) is 26.2 Å². The van der Waals surface area contributed by atoms with E-state index in [1.807, 2.05) is 30.3 Å². The van der Waals surface area contributed by atoms with Crippen LogP contribution in [0.15, 0.2) is 54.6 Å². The molecule has 1 N–H and O–H groups in total. The summed E-state index contributed by atoms with van der Waals surface area (Å²) in [4.78, 5) is 56.9. The molecule has 2 aromatic carbocycles. The Bertz CT molecular complexity index is 1170. The van der Waals surface area contributed by atoms with E-state index in [4.69, 9.17) is 9.47 Å². The molecule has 2 aliphatic rings. The van der Waals surface area contributed by atoms with Gasteiger partial charge in [-0.05, 0) is 36.1 Å². The highest BCUT2D eigenvalue weighted by atomic mass is 16.5. The van der Waals surface area contributed by atoms with Crippen molar-refractivity contribution in [3.05, 3.63) is 65.7 Å². The standard InChI is InChI=1S/C28H34N4O6/c1-19-12-22-18-37-23-11-7-10-21(13-23)26(34)30(2)15-24(27(35)31(3)16-25(33)32(22)14-19)29-28(36)38-17-20-8-5-4-6-9-20/h4-11,13,19,22,24H,12,14-18H2,1-3H3,(H,29,36)/t19-,22-,24-/m0/s1. The van der Waals surface area contributed by atoms with Gasteiger partial charge in [-0.3, -0.25) is 14.4 Å². The summed E-state index contributed by atoms with van der Waals surface area (Å²) in [7, 11) is 3.06. The van der Waals surface area contributed by atoms with Gasteiger partial charge in [-0.1, -0.05) is 43.3 Å². The summed E-state index contributed by atoms with van der Waals surface area (Å²) in [6.45, 7) is 2.68. The van der Waals surface area contributed by atoms with Crippen LogP contribution in [0.4, 0.5) is 4.79 Å². The number of hydrogen-bond acceptors (Lipinski definition) is 6. The van der Waals surface area contributed by atoms with Gasteiger partial charge in [-0.2, -0.15) is 0 Å². The van der Waals surface area contributed by atoms with Crippen LogP contribution in [0, 0.1) is 5.92 Å². The van der Waals surface area contributed by atoms with Crippen molar-refractivity contribution in [2.45, 2.75) is 32.0 Å². The van der Waals surface area contributed by atoms with Gasteiger partial charge < -0.3 is 29.5 Å². The van der Waals surface area contributed by atoms with Gasteiger partial charge in [0.25, 0.3) is 5.91 Å². The Morgan fingerprint density at radius 2 is 1.79 bits per heavy atom. The van der Waals surface area contributed by atoms with Gasteiger partial charge in [-0.15, -0.1) is 0 Å². The molecule has 1 fully saturated rings. The summed E-state index contributed by atoms with van der Waals surface area (Å²) in [5, 5.41) is 2.59. The maximum absolute atomic E-state index is 13.4. The Kier molecular flexibility index (Phi) is 8.50. The fourth-order valence-electron chi connectivity index (χ4n) is 4.83. The Morgan fingerprint density at radius 1 is 1.03 bits per heavy atom. The molecule has 202 valence electrons. The minimum Gasteiger partial charge on any atom is -0.491 e. The summed E-state index contributed by atoms with van der Waals surface area (Å²) in [5.74, 6) is -0.214. The zero-order valence-corrected chi connectivity index (χ0v) is 22.0. The summed E-state index contributed by atoms with van der Waals surface area (Å²) in [6.07, 6.45) is -0.0168. The Balaban J connectivity index is 1.56. The number of benzene rings is 2. The Morgan fingerprint density at radius 3 is 2.55 bits per heavy atom. The van der Waals surface area contributed by atoms with Crippen LogP contribution in [0.1, 0.15) is 29.3 Å². The van der Waals surface area contributed by atoms with Crippen molar-refractivity contribution in [2.24, 2.45) is 5.92 Å². The SMILES string of the molecule is C[C@H]1C[C@H]2COc3cccc(c3)C(=O)N(C)C[C@H](NC(=O)OCc3ccccc3)C(=O)N(C)CC(=O)N2C1. The van der Waals surface area contributed by atoms with E-state index in [9.17, 15) is 19.2 Å². The van der Waals surface area contributed by atoms with E-state index in [1.54, 1.807) is 36.2 Å². The van der Waals surface area contributed by atoms with E-state index >= 15 is 0 Å². The van der Waals surface area contributed by atoms with Crippen LogP contribution >= 0.6 is 0 Å². The quantitative estimate of drug-likeness (QED) is 0.662. The molecule has 38 heavy (non-hydrogen) atoms. The molecule has 2 heterocycles. The molecule has 3 atom stereocenters. The molecular weight excluding hydrogens is 488 g/mol. The van der Waals surface area contributed by atoms with Crippen LogP contribution < -0.4 is 10.1 Å². The summed E-state index contributed by atoms with van der Waals surface area (Å²) >= 11 is 0.